The second-order valence-corrected chi connectivity index (χ2v) is 8.50. The van der Waals surface area contributed by atoms with Gasteiger partial charge >= 0.3 is 0 Å². The first-order valence-corrected chi connectivity index (χ1v) is 11.7. The molecule has 3 N–H and O–H groups in total. The summed E-state index contributed by atoms with van der Waals surface area (Å²) in [6, 6.07) is 10.6. The van der Waals surface area contributed by atoms with Gasteiger partial charge in [0.05, 0.1) is 51.6 Å². The van der Waals surface area contributed by atoms with Gasteiger partial charge in [-0.1, -0.05) is 18.2 Å². The average molecular weight is 484 g/mol. The van der Waals surface area contributed by atoms with Crippen LogP contribution in [0.5, 0.6) is 17.2 Å². The number of nitrogens with one attached hydrogen (secondary N) is 1. The summed E-state index contributed by atoms with van der Waals surface area (Å²) in [5.74, 6) is -0.983. The Balaban J connectivity index is 1.78. The maximum Gasteiger partial charge on any atom is 0.295 e. The minimum Gasteiger partial charge on any atom is -0.507 e. The highest BCUT2D eigenvalue weighted by Gasteiger charge is 2.46. The van der Waals surface area contributed by atoms with Crippen molar-refractivity contribution in [3.8, 4) is 17.2 Å². The number of nitrogens with zero attached hydrogens (tertiary/aromatic N) is 1. The van der Waals surface area contributed by atoms with E-state index in [1.54, 1.807) is 43.3 Å². The predicted molar refractivity (Wildman–Crippen MR) is 128 cm³/mol. The van der Waals surface area contributed by atoms with E-state index >= 15 is 0 Å². The molecule has 2 aromatic rings. The molecular formula is C26H31N2O7+. The van der Waals surface area contributed by atoms with Crippen LogP contribution in [0.25, 0.3) is 5.76 Å². The lowest BCUT2D eigenvalue weighted by molar-refractivity contribution is -0.907. The van der Waals surface area contributed by atoms with Gasteiger partial charge in [0.2, 0.25) is 0 Å². The standard InChI is InChI=1S/C26H30N2O7/c1-3-35-21-16-17(7-8-20(21)29)23-22(24(30)18-5-4-6-19(15-18)33-2)25(31)26(32)28(23)10-9-27-11-13-34-14-12-27/h4-8,15-16,23,29-30H,3,9-14H2,1-2H3/p+1/t23-/m1/s1. The van der Waals surface area contributed by atoms with Gasteiger partial charge in [0.15, 0.2) is 11.5 Å². The molecule has 35 heavy (non-hydrogen) atoms. The highest BCUT2D eigenvalue weighted by atomic mass is 16.5. The van der Waals surface area contributed by atoms with Gasteiger partial charge in [-0.3, -0.25) is 9.59 Å². The number of likely N-dealkylation sites (tertiary alicyclic amines) is 1. The van der Waals surface area contributed by atoms with Gasteiger partial charge in [-0.15, -0.1) is 0 Å². The van der Waals surface area contributed by atoms with Crippen LogP contribution in [0.1, 0.15) is 24.1 Å². The number of amides is 1. The van der Waals surface area contributed by atoms with Crippen LogP contribution in [0.15, 0.2) is 48.0 Å². The van der Waals surface area contributed by atoms with Crippen molar-refractivity contribution in [2.75, 3.05) is 53.1 Å². The first kappa shape index (κ1) is 24.6. The number of hydrogen-bond acceptors (Lipinski definition) is 7. The van der Waals surface area contributed by atoms with Crippen molar-refractivity contribution in [2.45, 2.75) is 13.0 Å². The Kier molecular flexibility index (Phi) is 7.57. The van der Waals surface area contributed by atoms with Crippen LogP contribution in [0, 0.1) is 0 Å². The van der Waals surface area contributed by atoms with Crippen LogP contribution in [0.3, 0.4) is 0 Å². The number of phenols is 1. The Morgan fingerprint density at radius 1 is 1.17 bits per heavy atom. The minimum atomic E-state index is -0.832. The second kappa shape index (κ2) is 10.8. The molecule has 0 spiro atoms. The summed E-state index contributed by atoms with van der Waals surface area (Å²) in [4.78, 5) is 29.2. The van der Waals surface area contributed by atoms with E-state index in [0.29, 0.717) is 49.8 Å². The first-order chi connectivity index (χ1) is 16.9. The monoisotopic (exact) mass is 483 g/mol. The minimum absolute atomic E-state index is 0.00614. The largest absolute Gasteiger partial charge is 0.507 e. The quantitative estimate of drug-likeness (QED) is 0.293. The molecule has 0 radical (unpaired) electrons. The molecule has 9 heteroatoms. The number of Topliss-reactive ketones (excluding diaryl/α,β-unsaturated/α-hetero) is 1. The summed E-state index contributed by atoms with van der Waals surface area (Å²) in [6.45, 7) is 6.06. The number of phenolic OH excluding ortho intramolecular Hbond substituents is 1. The van der Waals surface area contributed by atoms with Crippen molar-refractivity contribution >= 4 is 17.4 Å². The van der Waals surface area contributed by atoms with Crippen molar-refractivity contribution in [1.82, 2.24) is 4.90 Å². The second-order valence-electron chi connectivity index (χ2n) is 8.50. The van der Waals surface area contributed by atoms with Crippen LogP contribution in [0.4, 0.5) is 0 Å². The molecule has 2 aliphatic rings. The normalized spacial score (nSPS) is 20.3. The zero-order chi connectivity index (χ0) is 24.9. The summed E-state index contributed by atoms with van der Waals surface area (Å²) in [5.41, 5.74) is 0.926. The smallest absolute Gasteiger partial charge is 0.295 e. The third-order valence-electron chi connectivity index (χ3n) is 6.39. The fourth-order valence-corrected chi connectivity index (χ4v) is 4.54. The summed E-state index contributed by atoms with van der Waals surface area (Å²) in [6.07, 6.45) is 0. The molecule has 2 aliphatic heterocycles. The SMILES string of the molecule is CCOc1cc([C@@H]2C(=C(O)c3cccc(OC)c3)C(=O)C(=O)N2CC[NH+]2CCOCC2)ccc1O. The number of aliphatic hydroxyl groups excluding tert-OH is 1. The Labute approximate surface area is 204 Å². The van der Waals surface area contributed by atoms with E-state index in [1.165, 1.54) is 23.0 Å². The molecular weight excluding hydrogens is 452 g/mol. The molecule has 1 amide bonds. The van der Waals surface area contributed by atoms with Crippen molar-refractivity contribution in [1.29, 1.82) is 0 Å². The lowest BCUT2D eigenvalue weighted by atomic mass is 9.95. The third kappa shape index (κ3) is 5.11. The highest BCUT2D eigenvalue weighted by molar-refractivity contribution is 6.46. The number of hydrogen-bond donors (Lipinski definition) is 3. The molecule has 9 nitrogen and oxygen atoms in total. The zero-order valence-electron chi connectivity index (χ0n) is 20.0. The van der Waals surface area contributed by atoms with Crippen LogP contribution < -0.4 is 14.4 Å². The summed E-state index contributed by atoms with van der Waals surface area (Å²) < 4.78 is 16.2. The summed E-state index contributed by atoms with van der Waals surface area (Å²) in [5, 5.41) is 21.4. The Hall–Kier alpha value is -3.56. The fraction of sp³-hybridized carbons (Fsp3) is 0.385. The summed E-state index contributed by atoms with van der Waals surface area (Å²) >= 11 is 0. The van der Waals surface area contributed by atoms with E-state index in [-0.39, 0.29) is 22.8 Å². The Morgan fingerprint density at radius 3 is 2.66 bits per heavy atom. The number of benzene rings is 2. The van der Waals surface area contributed by atoms with E-state index in [2.05, 4.69) is 0 Å². The maximum absolute atomic E-state index is 13.2. The number of aromatic hydroxyl groups is 1. The van der Waals surface area contributed by atoms with E-state index in [9.17, 15) is 19.8 Å². The van der Waals surface area contributed by atoms with E-state index < -0.39 is 17.7 Å². The maximum atomic E-state index is 13.2. The molecule has 0 unspecified atom stereocenters. The van der Waals surface area contributed by atoms with Crippen molar-refractivity contribution < 1.29 is 38.9 Å². The van der Waals surface area contributed by atoms with E-state index in [0.717, 1.165) is 13.1 Å². The topological polar surface area (TPSA) is 110 Å². The number of quaternary nitrogens is 1. The molecule has 186 valence electrons. The highest BCUT2D eigenvalue weighted by Crippen LogP contribution is 2.41. The number of ketones is 1. The van der Waals surface area contributed by atoms with Gasteiger partial charge in [0, 0.05) is 5.56 Å². The lowest BCUT2D eigenvalue weighted by Gasteiger charge is -2.29. The molecule has 4 rings (SSSR count). The van der Waals surface area contributed by atoms with Gasteiger partial charge in [-0.25, -0.2) is 0 Å². The number of aliphatic hydroxyl groups is 1. The van der Waals surface area contributed by atoms with E-state index in [4.69, 9.17) is 14.2 Å². The van der Waals surface area contributed by atoms with Crippen LogP contribution in [-0.4, -0.2) is 79.9 Å². The molecule has 2 fully saturated rings. The molecule has 0 aliphatic carbocycles. The molecule has 0 bridgehead atoms. The molecule has 2 heterocycles. The Morgan fingerprint density at radius 2 is 1.94 bits per heavy atom. The summed E-state index contributed by atoms with van der Waals surface area (Å²) in [7, 11) is 1.51. The van der Waals surface area contributed by atoms with Crippen molar-refractivity contribution in [3.05, 3.63) is 59.2 Å². The van der Waals surface area contributed by atoms with Crippen molar-refractivity contribution in [2.24, 2.45) is 0 Å². The number of carbonyl (C=O) groups is 2. The van der Waals surface area contributed by atoms with Gasteiger partial charge in [0.1, 0.15) is 24.6 Å². The van der Waals surface area contributed by atoms with Crippen LogP contribution >= 0.6 is 0 Å². The number of ether oxygens (including phenoxy) is 3. The van der Waals surface area contributed by atoms with Gasteiger partial charge in [-0.05, 0) is 36.8 Å². The predicted octanol–water partition coefficient (Wildman–Crippen LogP) is 1.14. The number of morpholine rings is 1. The lowest BCUT2D eigenvalue weighted by Crippen LogP contribution is -3.14. The zero-order valence-corrected chi connectivity index (χ0v) is 20.0. The molecule has 2 aromatic carbocycles. The Bertz CT molecular complexity index is 1120. The number of rotatable bonds is 8. The molecule has 1 atom stereocenters. The molecule has 0 saturated carbocycles. The first-order valence-electron chi connectivity index (χ1n) is 11.7. The van der Waals surface area contributed by atoms with Gasteiger partial charge in [-0.2, -0.15) is 0 Å². The van der Waals surface area contributed by atoms with Gasteiger partial charge in [0.25, 0.3) is 11.7 Å². The number of methoxy groups -OCH3 is 1. The molecule has 0 aromatic heterocycles. The van der Waals surface area contributed by atoms with Crippen LogP contribution in [-0.2, 0) is 14.3 Å². The van der Waals surface area contributed by atoms with Gasteiger partial charge < -0.3 is 34.2 Å². The average Bonchev–Trinajstić information content (AvgIpc) is 3.14. The van der Waals surface area contributed by atoms with Crippen molar-refractivity contribution in [3.63, 3.8) is 0 Å². The van der Waals surface area contributed by atoms with E-state index in [1.807, 2.05) is 0 Å². The third-order valence-corrected chi connectivity index (χ3v) is 6.39. The number of carbonyl (C=O) groups excluding carboxylic acids is 2. The fourth-order valence-electron chi connectivity index (χ4n) is 4.54. The molecule has 2 saturated heterocycles. The van der Waals surface area contributed by atoms with Crippen LogP contribution in [0.2, 0.25) is 0 Å².